The molecular formula is C13H12N2O3. The first-order chi connectivity index (χ1) is 8.18. The van der Waals surface area contributed by atoms with Crippen molar-refractivity contribution in [3.8, 4) is 0 Å². The van der Waals surface area contributed by atoms with Gasteiger partial charge in [-0.3, -0.25) is 14.9 Å². The van der Waals surface area contributed by atoms with E-state index in [1.807, 2.05) is 6.07 Å². The number of nitro groups is 1. The van der Waals surface area contributed by atoms with Gasteiger partial charge in [0.15, 0.2) is 5.78 Å². The minimum Gasteiger partial charge on any atom is -0.344 e. The average Bonchev–Trinajstić information content (AvgIpc) is 2.39. The van der Waals surface area contributed by atoms with Crippen LogP contribution in [0, 0.1) is 10.1 Å². The SMILES string of the molecule is N.O=C(c1ccccc1)c1ccc([N+](=O)[O-])cc1. The highest BCUT2D eigenvalue weighted by atomic mass is 16.6. The maximum atomic E-state index is 12.0. The minimum absolute atomic E-state index is 0. The number of hydrogen-bond acceptors (Lipinski definition) is 4. The molecule has 0 saturated carbocycles. The Hall–Kier alpha value is -2.53. The topological polar surface area (TPSA) is 95.2 Å². The van der Waals surface area contributed by atoms with Crippen molar-refractivity contribution in [2.24, 2.45) is 0 Å². The summed E-state index contributed by atoms with van der Waals surface area (Å²) in [5, 5.41) is 10.5. The fourth-order valence-electron chi connectivity index (χ4n) is 1.49. The molecule has 0 aromatic heterocycles. The summed E-state index contributed by atoms with van der Waals surface area (Å²) in [6.07, 6.45) is 0. The normalized spacial score (nSPS) is 9.33. The van der Waals surface area contributed by atoms with Crippen molar-refractivity contribution in [1.29, 1.82) is 0 Å². The van der Waals surface area contributed by atoms with Gasteiger partial charge in [-0.25, -0.2) is 0 Å². The van der Waals surface area contributed by atoms with Gasteiger partial charge in [-0.2, -0.15) is 0 Å². The molecule has 0 amide bonds. The summed E-state index contributed by atoms with van der Waals surface area (Å²) in [4.78, 5) is 21.9. The Balaban J connectivity index is 0.00000162. The zero-order valence-corrected chi connectivity index (χ0v) is 9.58. The predicted octanol–water partition coefficient (Wildman–Crippen LogP) is 2.99. The third-order valence-electron chi connectivity index (χ3n) is 2.38. The number of carbonyl (C=O) groups is 1. The molecule has 0 bridgehead atoms. The van der Waals surface area contributed by atoms with Gasteiger partial charge in [0, 0.05) is 23.3 Å². The van der Waals surface area contributed by atoms with Crippen LogP contribution in [0.5, 0.6) is 0 Å². The van der Waals surface area contributed by atoms with Crippen LogP contribution in [0.15, 0.2) is 54.6 Å². The van der Waals surface area contributed by atoms with E-state index in [1.165, 1.54) is 24.3 Å². The third kappa shape index (κ3) is 2.78. The van der Waals surface area contributed by atoms with Crippen molar-refractivity contribution in [2.45, 2.75) is 0 Å². The molecule has 0 spiro atoms. The van der Waals surface area contributed by atoms with E-state index in [0.717, 1.165) is 0 Å². The molecule has 2 aromatic carbocycles. The second kappa shape index (κ2) is 5.70. The van der Waals surface area contributed by atoms with Gasteiger partial charge in [-0.1, -0.05) is 30.3 Å². The summed E-state index contributed by atoms with van der Waals surface area (Å²) in [5.41, 5.74) is 0.998. The number of carbonyl (C=O) groups excluding carboxylic acids is 1. The number of ketones is 1. The van der Waals surface area contributed by atoms with Crippen molar-refractivity contribution < 1.29 is 9.72 Å². The van der Waals surface area contributed by atoms with Crippen LogP contribution >= 0.6 is 0 Å². The quantitative estimate of drug-likeness (QED) is 0.510. The number of rotatable bonds is 3. The lowest BCUT2D eigenvalue weighted by atomic mass is 10.0. The number of hydrogen-bond donors (Lipinski definition) is 1. The highest BCUT2D eigenvalue weighted by Gasteiger charge is 2.10. The molecule has 3 N–H and O–H groups in total. The Labute approximate surface area is 104 Å². The van der Waals surface area contributed by atoms with E-state index >= 15 is 0 Å². The Morgan fingerprint density at radius 3 is 1.89 bits per heavy atom. The molecule has 0 fully saturated rings. The highest BCUT2D eigenvalue weighted by molar-refractivity contribution is 6.09. The molecule has 0 aliphatic heterocycles. The first-order valence-corrected chi connectivity index (χ1v) is 5.02. The number of non-ortho nitro benzene ring substituents is 1. The van der Waals surface area contributed by atoms with Crippen molar-refractivity contribution in [3.63, 3.8) is 0 Å². The Bertz CT molecular complexity index is 550. The van der Waals surface area contributed by atoms with Gasteiger partial charge in [0.05, 0.1) is 4.92 Å². The summed E-state index contributed by atoms with van der Waals surface area (Å²) in [7, 11) is 0. The van der Waals surface area contributed by atoms with Crippen LogP contribution in [0.4, 0.5) is 5.69 Å². The second-order valence-electron chi connectivity index (χ2n) is 3.50. The van der Waals surface area contributed by atoms with Crippen LogP contribution < -0.4 is 6.15 Å². The molecule has 92 valence electrons. The lowest BCUT2D eigenvalue weighted by molar-refractivity contribution is -0.384. The van der Waals surface area contributed by atoms with E-state index in [1.54, 1.807) is 24.3 Å². The van der Waals surface area contributed by atoms with Gasteiger partial charge in [0.2, 0.25) is 0 Å². The van der Waals surface area contributed by atoms with E-state index in [9.17, 15) is 14.9 Å². The Kier molecular flexibility index (Phi) is 4.28. The molecule has 0 unspecified atom stereocenters. The van der Waals surface area contributed by atoms with Crippen LogP contribution in [-0.2, 0) is 0 Å². The van der Waals surface area contributed by atoms with Crippen LogP contribution in [0.1, 0.15) is 15.9 Å². The molecule has 0 atom stereocenters. The highest BCUT2D eigenvalue weighted by Crippen LogP contribution is 2.15. The first kappa shape index (κ1) is 13.5. The van der Waals surface area contributed by atoms with Crippen molar-refractivity contribution in [3.05, 3.63) is 75.8 Å². The number of nitrogens with zero attached hydrogens (tertiary/aromatic N) is 1. The third-order valence-corrected chi connectivity index (χ3v) is 2.38. The molecule has 2 rings (SSSR count). The maximum absolute atomic E-state index is 12.0. The van der Waals surface area contributed by atoms with Crippen LogP contribution in [0.3, 0.4) is 0 Å². The maximum Gasteiger partial charge on any atom is 0.269 e. The fourth-order valence-corrected chi connectivity index (χ4v) is 1.49. The number of benzene rings is 2. The molecule has 0 aliphatic carbocycles. The van der Waals surface area contributed by atoms with Gasteiger partial charge in [-0.05, 0) is 12.1 Å². The van der Waals surface area contributed by atoms with Crippen LogP contribution in [0.25, 0.3) is 0 Å². The van der Waals surface area contributed by atoms with Gasteiger partial charge in [-0.15, -0.1) is 0 Å². The summed E-state index contributed by atoms with van der Waals surface area (Å²) >= 11 is 0. The molecule has 5 nitrogen and oxygen atoms in total. The Morgan fingerprint density at radius 1 is 0.889 bits per heavy atom. The fraction of sp³-hybridized carbons (Fsp3) is 0. The molecule has 0 heterocycles. The lowest BCUT2D eigenvalue weighted by Gasteiger charge is -2.00. The molecular weight excluding hydrogens is 232 g/mol. The zero-order chi connectivity index (χ0) is 12.3. The van der Waals surface area contributed by atoms with Crippen molar-refractivity contribution >= 4 is 11.5 Å². The van der Waals surface area contributed by atoms with Crippen LogP contribution in [0.2, 0.25) is 0 Å². The van der Waals surface area contributed by atoms with Gasteiger partial charge < -0.3 is 6.15 Å². The lowest BCUT2D eigenvalue weighted by Crippen LogP contribution is -2.00. The molecule has 0 saturated heterocycles. The van der Waals surface area contributed by atoms with E-state index in [2.05, 4.69) is 0 Å². The first-order valence-electron chi connectivity index (χ1n) is 5.02. The molecule has 2 aromatic rings. The molecule has 0 radical (unpaired) electrons. The zero-order valence-electron chi connectivity index (χ0n) is 9.58. The summed E-state index contributed by atoms with van der Waals surface area (Å²) < 4.78 is 0. The van der Waals surface area contributed by atoms with Crippen LogP contribution in [-0.4, -0.2) is 10.7 Å². The van der Waals surface area contributed by atoms with E-state index in [0.29, 0.717) is 11.1 Å². The van der Waals surface area contributed by atoms with Gasteiger partial charge >= 0.3 is 0 Å². The summed E-state index contributed by atoms with van der Waals surface area (Å²) in [6.45, 7) is 0. The molecule has 5 heteroatoms. The minimum atomic E-state index is -0.489. The average molecular weight is 244 g/mol. The monoisotopic (exact) mass is 244 g/mol. The van der Waals surface area contributed by atoms with E-state index < -0.39 is 4.92 Å². The summed E-state index contributed by atoms with van der Waals surface area (Å²) in [6, 6.07) is 14.4. The van der Waals surface area contributed by atoms with E-state index in [-0.39, 0.29) is 17.6 Å². The largest absolute Gasteiger partial charge is 0.344 e. The predicted molar refractivity (Wildman–Crippen MR) is 68.0 cm³/mol. The van der Waals surface area contributed by atoms with Gasteiger partial charge in [0.25, 0.3) is 5.69 Å². The summed E-state index contributed by atoms with van der Waals surface area (Å²) in [5.74, 6) is -0.138. The van der Waals surface area contributed by atoms with Crippen molar-refractivity contribution in [2.75, 3.05) is 0 Å². The van der Waals surface area contributed by atoms with Crippen molar-refractivity contribution in [1.82, 2.24) is 6.15 Å². The molecule has 18 heavy (non-hydrogen) atoms. The standard InChI is InChI=1S/C13H9NO3.H3N/c15-13(10-4-2-1-3-5-10)11-6-8-12(9-7-11)14(16)17;/h1-9H;1H3. The molecule has 0 aliphatic rings. The van der Waals surface area contributed by atoms with Gasteiger partial charge in [0.1, 0.15) is 0 Å². The number of nitro benzene ring substituents is 1. The second-order valence-corrected chi connectivity index (χ2v) is 3.50. The van der Waals surface area contributed by atoms with E-state index in [4.69, 9.17) is 0 Å². The Morgan fingerprint density at radius 2 is 1.39 bits per heavy atom. The smallest absolute Gasteiger partial charge is 0.269 e.